The van der Waals surface area contributed by atoms with E-state index in [9.17, 15) is 35.8 Å². The molecule has 32 heavy (non-hydrogen) atoms. The number of amides is 1. The van der Waals surface area contributed by atoms with Gasteiger partial charge in [0, 0.05) is 24.6 Å². The predicted octanol–water partition coefficient (Wildman–Crippen LogP) is 2.11. The van der Waals surface area contributed by atoms with Crippen molar-refractivity contribution in [3.05, 3.63) is 64.3 Å². The van der Waals surface area contributed by atoms with Crippen LogP contribution in [0.3, 0.4) is 0 Å². The summed E-state index contributed by atoms with van der Waals surface area (Å²) in [6, 6.07) is 3.49. The third-order valence-corrected chi connectivity index (χ3v) is 6.31. The minimum atomic E-state index is -4.76. The molecule has 0 aliphatic heterocycles. The van der Waals surface area contributed by atoms with E-state index in [0.717, 1.165) is 12.1 Å². The maximum atomic E-state index is 11.8. The van der Waals surface area contributed by atoms with Gasteiger partial charge in [-0.05, 0) is 35.9 Å². The Bertz CT molecular complexity index is 1370. The number of allylic oxidation sites excluding steroid dienone is 4. The van der Waals surface area contributed by atoms with Crippen molar-refractivity contribution in [1.82, 2.24) is 0 Å². The molecule has 2 aliphatic rings. The molecule has 1 aromatic rings. The van der Waals surface area contributed by atoms with E-state index in [0.29, 0.717) is 0 Å². The lowest BCUT2D eigenvalue weighted by molar-refractivity contribution is -0.114. The zero-order chi connectivity index (χ0) is 23.9. The van der Waals surface area contributed by atoms with Crippen LogP contribution in [0.5, 0.6) is 0 Å². The second-order valence-corrected chi connectivity index (χ2v) is 9.80. The number of azo groups is 1. The Morgan fingerprint density at radius 3 is 2.47 bits per heavy atom. The highest BCUT2D eigenvalue weighted by Gasteiger charge is 2.38. The van der Waals surface area contributed by atoms with E-state index >= 15 is 0 Å². The lowest BCUT2D eigenvalue weighted by Gasteiger charge is -2.31. The number of anilines is 1. The Labute approximate surface area is 183 Å². The second-order valence-electron chi connectivity index (χ2n) is 6.94. The Morgan fingerprint density at radius 2 is 1.88 bits per heavy atom. The first-order valence-electron chi connectivity index (χ1n) is 8.82. The molecule has 14 heteroatoms. The molecule has 2 aliphatic carbocycles. The van der Waals surface area contributed by atoms with Gasteiger partial charge in [-0.15, -0.1) is 0 Å². The number of benzene rings is 1. The van der Waals surface area contributed by atoms with Crippen LogP contribution in [0.2, 0.25) is 0 Å². The average Bonchev–Trinajstić information content (AvgIpc) is 2.65. The minimum Gasteiger partial charge on any atom is -0.507 e. The molecule has 0 bridgehead atoms. The van der Waals surface area contributed by atoms with Gasteiger partial charge in [-0.1, -0.05) is 12.2 Å². The highest BCUT2D eigenvalue weighted by atomic mass is 32.2. The van der Waals surface area contributed by atoms with E-state index < -0.39 is 47.4 Å². The summed E-state index contributed by atoms with van der Waals surface area (Å²) in [5.74, 6) is -1.04. The van der Waals surface area contributed by atoms with E-state index in [1.165, 1.54) is 37.3 Å². The lowest BCUT2D eigenvalue weighted by atomic mass is 9.83. The van der Waals surface area contributed by atoms with Gasteiger partial charge in [0.1, 0.15) is 16.3 Å². The quantitative estimate of drug-likeness (QED) is 0.307. The van der Waals surface area contributed by atoms with Crippen molar-refractivity contribution >= 4 is 37.5 Å². The van der Waals surface area contributed by atoms with E-state index in [4.69, 9.17) is 5.73 Å². The number of aliphatic hydroxyl groups is 1. The van der Waals surface area contributed by atoms with Crippen molar-refractivity contribution in [2.45, 2.75) is 23.9 Å². The molecule has 0 spiro atoms. The molecule has 1 atom stereocenters. The largest absolute Gasteiger partial charge is 0.507 e. The smallest absolute Gasteiger partial charge is 0.296 e. The van der Waals surface area contributed by atoms with Crippen molar-refractivity contribution in [3.63, 3.8) is 0 Å². The summed E-state index contributed by atoms with van der Waals surface area (Å²) in [7, 11) is -9.32. The van der Waals surface area contributed by atoms with Crippen LogP contribution in [0.4, 0.5) is 11.4 Å². The van der Waals surface area contributed by atoms with Crippen LogP contribution in [-0.2, 0) is 25.0 Å². The molecule has 0 aromatic heterocycles. The molecular weight excluding hydrogens is 464 g/mol. The summed E-state index contributed by atoms with van der Waals surface area (Å²) < 4.78 is 65.2. The second kappa shape index (κ2) is 8.07. The molecule has 12 nitrogen and oxygen atoms in total. The Morgan fingerprint density at radius 1 is 1.19 bits per heavy atom. The summed E-state index contributed by atoms with van der Waals surface area (Å²) in [5, 5.41) is 20.5. The van der Waals surface area contributed by atoms with Gasteiger partial charge in [0.15, 0.2) is 5.66 Å². The van der Waals surface area contributed by atoms with Gasteiger partial charge in [-0.3, -0.25) is 19.6 Å². The number of nitrogens with zero attached hydrogens (tertiary/aromatic N) is 2. The minimum absolute atomic E-state index is 0.000535. The number of hydrogen-bond donors (Lipinski definition) is 5. The summed E-state index contributed by atoms with van der Waals surface area (Å²) >= 11 is 0. The molecule has 1 unspecified atom stereocenters. The maximum absolute atomic E-state index is 11.8. The highest BCUT2D eigenvalue weighted by Crippen LogP contribution is 2.40. The molecule has 1 aromatic carbocycles. The number of nitrogens with two attached hydrogens (primary N) is 1. The van der Waals surface area contributed by atoms with Crippen molar-refractivity contribution < 1.29 is 35.8 Å². The maximum Gasteiger partial charge on any atom is 0.296 e. The van der Waals surface area contributed by atoms with Gasteiger partial charge in [0.05, 0.1) is 4.91 Å². The molecule has 170 valence electrons. The Balaban J connectivity index is 2.08. The van der Waals surface area contributed by atoms with Gasteiger partial charge < -0.3 is 10.4 Å². The van der Waals surface area contributed by atoms with Crippen LogP contribution in [0.15, 0.2) is 79.4 Å². The molecule has 0 saturated heterocycles. The number of aliphatic hydroxyl groups excluding tert-OH is 1. The van der Waals surface area contributed by atoms with E-state index in [-0.39, 0.29) is 28.9 Å². The predicted molar refractivity (Wildman–Crippen MR) is 113 cm³/mol. The Hall–Kier alpha value is -3.17. The van der Waals surface area contributed by atoms with E-state index in [1.54, 1.807) is 0 Å². The molecule has 0 heterocycles. The van der Waals surface area contributed by atoms with Crippen LogP contribution in [-0.4, -0.2) is 42.6 Å². The number of rotatable bonds is 5. The van der Waals surface area contributed by atoms with Gasteiger partial charge in [0.25, 0.3) is 20.2 Å². The first-order valence-corrected chi connectivity index (χ1v) is 11.7. The summed E-state index contributed by atoms with van der Waals surface area (Å²) in [4.78, 5) is 10.1. The third-order valence-electron chi connectivity index (χ3n) is 4.50. The van der Waals surface area contributed by atoms with Gasteiger partial charge in [-0.25, -0.2) is 0 Å². The zero-order valence-corrected chi connectivity index (χ0v) is 18.1. The zero-order valence-electron chi connectivity index (χ0n) is 16.4. The first-order chi connectivity index (χ1) is 14.7. The number of nitrogens with one attached hydrogen (secondary N) is 1. The van der Waals surface area contributed by atoms with Crippen molar-refractivity contribution in [2.24, 2.45) is 16.0 Å². The summed E-state index contributed by atoms with van der Waals surface area (Å²) in [6.45, 7) is 1.21. The molecule has 0 radical (unpaired) electrons. The first kappa shape index (κ1) is 23.5. The topological polar surface area (TPSA) is 209 Å². The molecule has 0 fully saturated rings. The van der Waals surface area contributed by atoms with Gasteiger partial charge in [-0.2, -0.15) is 27.1 Å². The van der Waals surface area contributed by atoms with Crippen molar-refractivity contribution in [1.29, 1.82) is 0 Å². The molecular formula is C18H18N4O8S2. The van der Waals surface area contributed by atoms with Crippen LogP contribution in [0.1, 0.15) is 13.3 Å². The fourth-order valence-corrected chi connectivity index (χ4v) is 4.43. The highest BCUT2D eigenvalue weighted by molar-refractivity contribution is 7.89. The van der Waals surface area contributed by atoms with E-state index in [1.807, 2.05) is 0 Å². The lowest BCUT2D eigenvalue weighted by Crippen LogP contribution is -2.41. The van der Waals surface area contributed by atoms with Gasteiger partial charge in [0.2, 0.25) is 5.91 Å². The fraction of sp³-hybridized carbons (Fsp3) is 0.167. The van der Waals surface area contributed by atoms with Crippen LogP contribution in [0.25, 0.3) is 0 Å². The van der Waals surface area contributed by atoms with Crippen LogP contribution in [0, 0.1) is 0 Å². The standard InChI is InChI=1S/C18H18N4O8S2/c1-10(23)20-12-4-5-14(16(8-12)32(28,29)30)21-22-18(19)6-2-3-11-7-13(31(25,26)27)9-15(24)17(11)18/h2-6,8-9,24H,7,19H2,1H3,(H,20,23)(H,25,26,27)(H,28,29,30)/b22-21+. The van der Waals surface area contributed by atoms with Gasteiger partial charge >= 0.3 is 0 Å². The SMILES string of the molecule is CC(=O)Nc1ccc(/N=N/C2(N)C=CC=C3CC(S(=O)(=O)O)=CC(O)=C32)c(S(=O)(=O)O)c1. The molecule has 1 amide bonds. The number of carbonyl (C=O) groups excluding carboxylic acids is 1. The van der Waals surface area contributed by atoms with E-state index in [2.05, 4.69) is 15.5 Å². The average molecular weight is 482 g/mol. The van der Waals surface area contributed by atoms with Crippen molar-refractivity contribution in [2.75, 3.05) is 5.32 Å². The van der Waals surface area contributed by atoms with Crippen LogP contribution < -0.4 is 11.1 Å². The molecule has 0 saturated carbocycles. The van der Waals surface area contributed by atoms with Crippen LogP contribution >= 0.6 is 0 Å². The number of fused-ring (bicyclic) bond motifs is 1. The normalized spacial score (nSPS) is 21.2. The summed E-state index contributed by atoms with van der Waals surface area (Å²) in [5.41, 5.74) is 4.46. The fourth-order valence-electron chi connectivity index (χ4n) is 3.19. The monoisotopic (exact) mass is 482 g/mol. The van der Waals surface area contributed by atoms with Crippen molar-refractivity contribution in [3.8, 4) is 0 Å². The third kappa shape index (κ3) is 4.84. The molecule has 6 N–H and O–H groups in total. The number of hydrogen-bond acceptors (Lipinski definition) is 9. The Kier molecular flexibility index (Phi) is 5.92. The molecule has 3 rings (SSSR count). The number of carbonyl (C=O) groups is 1. The summed E-state index contributed by atoms with van der Waals surface area (Å²) in [6.07, 6.45) is 4.80.